The van der Waals surface area contributed by atoms with Gasteiger partial charge < -0.3 is 0 Å². The highest BCUT2D eigenvalue weighted by molar-refractivity contribution is 7.89. The van der Waals surface area contributed by atoms with Crippen LogP contribution in [-0.2, 0) is 29.4 Å². The number of rotatable bonds is 8. The van der Waals surface area contributed by atoms with E-state index in [1.807, 2.05) is 24.3 Å². The largest absolute Gasteiger partial charge is 0.296 e. The predicted molar refractivity (Wildman–Crippen MR) is 125 cm³/mol. The van der Waals surface area contributed by atoms with E-state index in [0.29, 0.717) is 24.6 Å². The lowest BCUT2D eigenvalue weighted by Crippen LogP contribution is -2.36. The summed E-state index contributed by atoms with van der Waals surface area (Å²) in [6, 6.07) is 14.0. The molecule has 1 amide bonds. The number of hydrogen-bond acceptors (Lipinski definition) is 6. The molecule has 4 rings (SSSR count). The second kappa shape index (κ2) is 9.89. The van der Waals surface area contributed by atoms with Crippen LogP contribution >= 0.6 is 11.3 Å². The van der Waals surface area contributed by atoms with Gasteiger partial charge in [-0.2, -0.15) is 4.31 Å². The molecular formula is C23H26N4O3S2. The zero-order valence-corrected chi connectivity index (χ0v) is 19.6. The van der Waals surface area contributed by atoms with E-state index >= 15 is 0 Å². The summed E-state index contributed by atoms with van der Waals surface area (Å²) in [5.41, 5.74) is 2.46. The Morgan fingerprint density at radius 2 is 1.91 bits per heavy atom. The van der Waals surface area contributed by atoms with E-state index in [0.717, 1.165) is 36.3 Å². The fourth-order valence-corrected chi connectivity index (χ4v) is 5.96. The van der Waals surface area contributed by atoms with Gasteiger partial charge in [-0.1, -0.05) is 61.4 Å². The molecule has 2 aromatic carbocycles. The van der Waals surface area contributed by atoms with Crippen LogP contribution in [0, 0.1) is 0 Å². The molecule has 2 heterocycles. The van der Waals surface area contributed by atoms with E-state index in [1.54, 1.807) is 12.1 Å². The van der Waals surface area contributed by atoms with Crippen molar-refractivity contribution in [2.75, 3.05) is 11.9 Å². The first kappa shape index (κ1) is 22.6. The van der Waals surface area contributed by atoms with Gasteiger partial charge in [0.05, 0.1) is 4.90 Å². The van der Waals surface area contributed by atoms with Gasteiger partial charge in [0, 0.05) is 25.1 Å². The van der Waals surface area contributed by atoms with E-state index in [1.165, 1.54) is 33.3 Å². The monoisotopic (exact) mass is 470 g/mol. The van der Waals surface area contributed by atoms with Crippen LogP contribution in [0.1, 0.15) is 52.7 Å². The zero-order chi connectivity index (χ0) is 22.6. The summed E-state index contributed by atoms with van der Waals surface area (Å²) >= 11 is 1.35. The van der Waals surface area contributed by atoms with Crippen LogP contribution in [-0.4, -0.2) is 35.4 Å². The van der Waals surface area contributed by atoms with Gasteiger partial charge in [-0.3, -0.25) is 10.1 Å². The highest BCUT2D eigenvalue weighted by atomic mass is 32.2. The summed E-state index contributed by atoms with van der Waals surface area (Å²) in [4.78, 5) is 12.8. The Bertz CT molecular complexity index is 1210. The number of nitrogens with one attached hydrogen (secondary N) is 1. The Hall–Kier alpha value is -2.62. The summed E-state index contributed by atoms with van der Waals surface area (Å²) in [6.07, 6.45) is 4.82. The van der Waals surface area contributed by atoms with Gasteiger partial charge in [0.25, 0.3) is 5.91 Å². The number of anilines is 1. The summed E-state index contributed by atoms with van der Waals surface area (Å²) in [6.45, 7) is 2.89. The maximum atomic E-state index is 13.2. The third-order valence-electron chi connectivity index (χ3n) is 5.51. The number of aromatic nitrogens is 2. The van der Waals surface area contributed by atoms with Crippen LogP contribution in [0.25, 0.3) is 0 Å². The number of nitrogens with zero attached hydrogens (tertiary/aromatic N) is 3. The molecule has 1 aliphatic rings. The van der Waals surface area contributed by atoms with Gasteiger partial charge in [0.1, 0.15) is 5.01 Å². The second-order valence-electron chi connectivity index (χ2n) is 7.80. The first-order valence-electron chi connectivity index (χ1n) is 10.8. The van der Waals surface area contributed by atoms with Crippen molar-refractivity contribution in [1.29, 1.82) is 0 Å². The molecule has 0 aliphatic carbocycles. The van der Waals surface area contributed by atoms with Crippen LogP contribution < -0.4 is 5.32 Å². The Balaban J connectivity index is 1.46. The first-order chi connectivity index (χ1) is 15.5. The third kappa shape index (κ3) is 5.06. The Labute approximate surface area is 192 Å². The molecule has 7 nitrogen and oxygen atoms in total. The average molecular weight is 471 g/mol. The van der Waals surface area contributed by atoms with Crippen LogP contribution in [0.15, 0.2) is 53.4 Å². The topological polar surface area (TPSA) is 92.3 Å². The van der Waals surface area contributed by atoms with Gasteiger partial charge >= 0.3 is 0 Å². The van der Waals surface area contributed by atoms with Crippen molar-refractivity contribution in [3.05, 3.63) is 70.2 Å². The van der Waals surface area contributed by atoms with Crippen LogP contribution in [0.4, 0.5) is 5.13 Å². The molecule has 1 aliphatic heterocycles. The number of fused-ring (bicyclic) bond motifs is 1. The number of amides is 1. The van der Waals surface area contributed by atoms with Crippen LogP contribution in [0.2, 0.25) is 0 Å². The number of unbranched alkanes of at least 4 members (excludes halogenated alkanes) is 2. The lowest BCUT2D eigenvalue weighted by atomic mass is 10.0. The van der Waals surface area contributed by atoms with E-state index in [9.17, 15) is 13.2 Å². The van der Waals surface area contributed by atoms with Gasteiger partial charge in [0.2, 0.25) is 15.2 Å². The fraction of sp³-hybridized carbons (Fsp3) is 0.348. The number of carbonyl (C=O) groups is 1. The van der Waals surface area contributed by atoms with Crippen molar-refractivity contribution in [1.82, 2.24) is 14.5 Å². The Morgan fingerprint density at radius 1 is 1.09 bits per heavy atom. The van der Waals surface area contributed by atoms with Crippen LogP contribution in [0.5, 0.6) is 0 Å². The van der Waals surface area contributed by atoms with E-state index in [-0.39, 0.29) is 10.5 Å². The molecule has 0 bridgehead atoms. The van der Waals surface area contributed by atoms with Crippen molar-refractivity contribution in [2.24, 2.45) is 0 Å². The number of hydrogen-bond donors (Lipinski definition) is 1. The van der Waals surface area contributed by atoms with Crippen molar-refractivity contribution in [3.8, 4) is 0 Å². The minimum absolute atomic E-state index is 0.113. The molecule has 0 spiro atoms. The molecule has 0 atom stereocenters. The van der Waals surface area contributed by atoms with Crippen molar-refractivity contribution in [3.63, 3.8) is 0 Å². The van der Waals surface area contributed by atoms with Crippen molar-refractivity contribution >= 4 is 32.4 Å². The lowest BCUT2D eigenvalue weighted by Gasteiger charge is -2.28. The molecule has 1 aromatic heterocycles. The molecule has 3 aromatic rings. The van der Waals surface area contributed by atoms with Gasteiger partial charge in [-0.15, -0.1) is 10.2 Å². The number of carbonyl (C=O) groups excluding carboxylic acids is 1. The van der Waals surface area contributed by atoms with E-state index < -0.39 is 15.9 Å². The smallest absolute Gasteiger partial charge is 0.257 e. The van der Waals surface area contributed by atoms with Crippen molar-refractivity contribution < 1.29 is 13.2 Å². The molecule has 0 radical (unpaired) electrons. The van der Waals surface area contributed by atoms with Crippen LogP contribution in [0.3, 0.4) is 0 Å². The third-order valence-corrected chi connectivity index (χ3v) is 8.25. The van der Waals surface area contributed by atoms with E-state index in [2.05, 4.69) is 22.4 Å². The van der Waals surface area contributed by atoms with Gasteiger partial charge in [-0.25, -0.2) is 8.42 Å². The fourth-order valence-electron chi connectivity index (χ4n) is 3.72. The summed E-state index contributed by atoms with van der Waals surface area (Å²) in [5, 5.41) is 12.2. The number of sulfonamides is 1. The van der Waals surface area contributed by atoms with Gasteiger partial charge in [0.15, 0.2) is 0 Å². The molecule has 0 unspecified atom stereocenters. The molecule has 0 fully saturated rings. The summed E-state index contributed by atoms with van der Waals surface area (Å²) < 4.78 is 27.9. The highest BCUT2D eigenvalue weighted by Crippen LogP contribution is 2.26. The van der Waals surface area contributed by atoms with Gasteiger partial charge in [-0.05, 0) is 42.2 Å². The Kier molecular flexibility index (Phi) is 6.98. The normalized spacial score (nSPS) is 14.2. The SMILES string of the molecule is CCCCCc1nnc(NC(=O)c2cccc(S(=O)(=O)N3CCc4ccccc4C3)c2)s1. The molecule has 168 valence electrons. The van der Waals surface area contributed by atoms with Crippen molar-refractivity contribution in [2.45, 2.75) is 50.5 Å². The molecule has 32 heavy (non-hydrogen) atoms. The first-order valence-corrected chi connectivity index (χ1v) is 13.0. The second-order valence-corrected chi connectivity index (χ2v) is 10.8. The summed E-state index contributed by atoms with van der Waals surface area (Å²) in [5.74, 6) is -0.401. The zero-order valence-electron chi connectivity index (χ0n) is 18.0. The molecular weight excluding hydrogens is 444 g/mol. The maximum absolute atomic E-state index is 13.2. The molecule has 0 saturated heterocycles. The minimum atomic E-state index is -3.71. The molecule has 9 heteroatoms. The Morgan fingerprint density at radius 3 is 2.72 bits per heavy atom. The lowest BCUT2D eigenvalue weighted by molar-refractivity contribution is 0.102. The number of aryl methyl sites for hydroxylation is 1. The summed E-state index contributed by atoms with van der Waals surface area (Å²) in [7, 11) is -3.71. The average Bonchev–Trinajstić information content (AvgIpc) is 3.26. The standard InChI is InChI=1S/C23H26N4O3S2/c1-2-3-4-12-21-25-26-23(31-21)24-22(28)18-10-7-11-20(15-18)32(29,30)27-14-13-17-8-5-6-9-19(17)16-27/h5-11,15H,2-4,12-14,16H2,1H3,(H,24,26,28). The highest BCUT2D eigenvalue weighted by Gasteiger charge is 2.28. The maximum Gasteiger partial charge on any atom is 0.257 e. The minimum Gasteiger partial charge on any atom is -0.296 e. The van der Waals surface area contributed by atoms with E-state index in [4.69, 9.17) is 0 Å². The quantitative estimate of drug-likeness (QED) is 0.497. The predicted octanol–water partition coefficient (Wildman–Crippen LogP) is 4.27. The molecule has 1 N–H and O–H groups in total. The molecule has 0 saturated carbocycles. The number of benzene rings is 2.